The van der Waals surface area contributed by atoms with Gasteiger partial charge in [0.1, 0.15) is 0 Å². The van der Waals surface area contributed by atoms with Gasteiger partial charge >= 0.3 is 0 Å². The minimum Gasteiger partial charge on any atom is -0.388 e. The topological polar surface area (TPSA) is 40.5 Å². The van der Waals surface area contributed by atoms with E-state index in [1.165, 1.54) is 11.1 Å². The molecule has 0 fully saturated rings. The molecule has 0 aromatic rings. The Morgan fingerprint density at radius 1 is 0.613 bits per heavy atom. The average molecular weight is 429 g/mol. The predicted octanol–water partition coefficient (Wildman–Crippen LogP) is 7.25. The molecule has 2 aliphatic carbocycles. The van der Waals surface area contributed by atoms with Crippen LogP contribution in [0.4, 0.5) is 0 Å². The molecule has 2 rings (SSSR count). The molecule has 0 radical (unpaired) electrons. The second kappa shape index (κ2) is 7.73. The zero-order valence-electron chi connectivity index (χ0n) is 22.2. The first-order valence-electron chi connectivity index (χ1n) is 11.9. The highest BCUT2D eigenvalue weighted by molar-refractivity contribution is 5.40. The van der Waals surface area contributed by atoms with Crippen LogP contribution in [0.3, 0.4) is 0 Å². The van der Waals surface area contributed by atoms with E-state index in [0.29, 0.717) is 6.42 Å². The summed E-state index contributed by atoms with van der Waals surface area (Å²) in [6.07, 6.45) is 12.2. The molecule has 0 saturated carbocycles. The van der Waals surface area contributed by atoms with Gasteiger partial charge in [0.15, 0.2) is 0 Å². The second-order valence-electron chi connectivity index (χ2n) is 14.1. The summed E-state index contributed by atoms with van der Waals surface area (Å²) in [5.41, 5.74) is 1.03. The largest absolute Gasteiger partial charge is 0.388 e. The van der Waals surface area contributed by atoms with Gasteiger partial charge in [-0.1, -0.05) is 120 Å². The third kappa shape index (κ3) is 4.67. The van der Waals surface area contributed by atoms with Gasteiger partial charge in [0.25, 0.3) is 0 Å². The standard InChI is InChI=1S/C29H48O2/c1-24(2,3)20-13-15-22(30)28(17-20,26(7,8)9)19-29(27(10,11)12)18-21(25(4,5)6)14-16-23(29)31/h13-18,22-23,30-31H,19H2,1-12H3. The third-order valence-electron chi connectivity index (χ3n) is 7.91. The molecule has 0 aromatic carbocycles. The Morgan fingerprint density at radius 3 is 1.13 bits per heavy atom. The molecule has 31 heavy (non-hydrogen) atoms. The monoisotopic (exact) mass is 428 g/mol. The SMILES string of the molecule is CC(C)(C)C1=CC(CC2(C(C)(C)C)C=C(C(C)(C)C)C=CC2O)(C(C)(C)C)C(O)C=C1. The zero-order valence-corrected chi connectivity index (χ0v) is 22.2. The van der Waals surface area contributed by atoms with Crippen LogP contribution in [0.25, 0.3) is 0 Å². The lowest BCUT2D eigenvalue weighted by atomic mass is 9.48. The summed E-state index contributed by atoms with van der Waals surface area (Å²) in [7, 11) is 0. The van der Waals surface area contributed by atoms with E-state index >= 15 is 0 Å². The lowest BCUT2D eigenvalue weighted by Crippen LogP contribution is -2.55. The number of allylic oxidation sites excluding steroid dienone is 4. The van der Waals surface area contributed by atoms with E-state index in [-0.39, 0.29) is 21.7 Å². The summed E-state index contributed by atoms with van der Waals surface area (Å²) < 4.78 is 0. The van der Waals surface area contributed by atoms with Crippen LogP contribution in [0.15, 0.2) is 47.6 Å². The van der Waals surface area contributed by atoms with Gasteiger partial charge in [0.05, 0.1) is 12.2 Å². The van der Waals surface area contributed by atoms with Crippen molar-refractivity contribution in [3.8, 4) is 0 Å². The van der Waals surface area contributed by atoms with Crippen LogP contribution < -0.4 is 0 Å². The fourth-order valence-electron chi connectivity index (χ4n) is 5.13. The Labute approximate surface area is 192 Å². The van der Waals surface area contributed by atoms with Crippen LogP contribution >= 0.6 is 0 Å². The number of hydrogen-bond acceptors (Lipinski definition) is 2. The van der Waals surface area contributed by atoms with Crippen molar-refractivity contribution in [2.45, 2.75) is 102 Å². The molecule has 0 spiro atoms. The second-order valence-corrected chi connectivity index (χ2v) is 14.1. The number of aliphatic hydroxyl groups is 2. The fraction of sp³-hybridized carbons (Fsp3) is 0.724. The molecule has 0 bridgehead atoms. The predicted molar refractivity (Wildman–Crippen MR) is 134 cm³/mol. The van der Waals surface area contributed by atoms with E-state index in [4.69, 9.17) is 0 Å². The van der Waals surface area contributed by atoms with Crippen molar-refractivity contribution in [2.24, 2.45) is 32.5 Å². The molecule has 2 nitrogen and oxygen atoms in total. The van der Waals surface area contributed by atoms with Crippen LogP contribution in [0.2, 0.25) is 0 Å². The van der Waals surface area contributed by atoms with E-state index in [1.54, 1.807) is 0 Å². The van der Waals surface area contributed by atoms with Gasteiger partial charge in [-0.2, -0.15) is 0 Å². The highest BCUT2D eigenvalue weighted by atomic mass is 16.3. The van der Waals surface area contributed by atoms with Crippen molar-refractivity contribution in [1.82, 2.24) is 0 Å². The summed E-state index contributed by atoms with van der Waals surface area (Å²) in [6.45, 7) is 26.7. The molecule has 176 valence electrons. The van der Waals surface area contributed by atoms with Crippen LogP contribution in [-0.2, 0) is 0 Å². The summed E-state index contributed by atoms with van der Waals surface area (Å²) in [6, 6.07) is 0. The Morgan fingerprint density at radius 2 is 0.903 bits per heavy atom. The third-order valence-corrected chi connectivity index (χ3v) is 7.91. The van der Waals surface area contributed by atoms with Crippen molar-refractivity contribution in [3.05, 3.63) is 47.6 Å². The molecule has 0 saturated heterocycles. The summed E-state index contributed by atoms with van der Waals surface area (Å²) in [4.78, 5) is 0. The molecule has 0 aromatic heterocycles. The summed E-state index contributed by atoms with van der Waals surface area (Å²) in [5, 5.41) is 23.0. The molecular weight excluding hydrogens is 380 g/mol. The minimum atomic E-state index is -0.609. The maximum atomic E-state index is 11.5. The summed E-state index contributed by atoms with van der Waals surface area (Å²) in [5.74, 6) is 0. The highest BCUT2D eigenvalue weighted by Gasteiger charge is 2.57. The van der Waals surface area contributed by atoms with Gasteiger partial charge in [-0.25, -0.2) is 0 Å². The molecule has 4 atom stereocenters. The fourth-order valence-corrected chi connectivity index (χ4v) is 5.13. The van der Waals surface area contributed by atoms with Crippen LogP contribution in [0, 0.1) is 32.5 Å². The Bertz CT molecular complexity index is 728. The van der Waals surface area contributed by atoms with Gasteiger partial charge in [-0.05, 0) is 39.2 Å². The maximum Gasteiger partial charge on any atom is 0.0820 e. The smallest absolute Gasteiger partial charge is 0.0820 e. The van der Waals surface area contributed by atoms with Gasteiger partial charge in [0.2, 0.25) is 0 Å². The molecule has 2 aliphatic rings. The maximum absolute atomic E-state index is 11.5. The number of rotatable bonds is 2. The van der Waals surface area contributed by atoms with E-state index in [2.05, 4.69) is 107 Å². The molecule has 4 unspecified atom stereocenters. The van der Waals surface area contributed by atoms with E-state index < -0.39 is 23.0 Å². The summed E-state index contributed by atoms with van der Waals surface area (Å²) >= 11 is 0. The number of aliphatic hydroxyl groups excluding tert-OH is 2. The Hall–Kier alpha value is -1.12. The van der Waals surface area contributed by atoms with E-state index in [9.17, 15) is 10.2 Å². The van der Waals surface area contributed by atoms with E-state index in [0.717, 1.165) is 0 Å². The Balaban J connectivity index is 2.82. The van der Waals surface area contributed by atoms with Gasteiger partial charge < -0.3 is 10.2 Å². The zero-order chi connectivity index (χ0) is 24.3. The van der Waals surface area contributed by atoms with Gasteiger partial charge in [0, 0.05) is 10.8 Å². The lowest BCUT2D eigenvalue weighted by molar-refractivity contribution is -0.0811. The first-order chi connectivity index (χ1) is 13.7. The van der Waals surface area contributed by atoms with Crippen LogP contribution in [-0.4, -0.2) is 22.4 Å². The van der Waals surface area contributed by atoms with Crippen molar-refractivity contribution in [1.29, 1.82) is 0 Å². The number of hydrogen-bond donors (Lipinski definition) is 2. The quantitative estimate of drug-likeness (QED) is 0.486. The van der Waals surface area contributed by atoms with Gasteiger partial charge in [-0.3, -0.25) is 0 Å². The molecule has 2 N–H and O–H groups in total. The normalized spacial score (nSPS) is 32.7. The van der Waals surface area contributed by atoms with Crippen molar-refractivity contribution < 1.29 is 10.2 Å². The van der Waals surface area contributed by atoms with Crippen molar-refractivity contribution >= 4 is 0 Å². The lowest BCUT2D eigenvalue weighted by Gasteiger charge is -2.57. The van der Waals surface area contributed by atoms with Crippen molar-refractivity contribution in [3.63, 3.8) is 0 Å². The first-order valence-corrected chi connectivity index (χ1v) is 11.9. The molecule has 0 amide bonds. The van der Waals surface area contributed by atoms with Crippen LogP contribution in [0.1, 0.15) is 89.5 Å². The minimum absolute atomic E-state index is 0.0144. The molecular formula is C29H48O2. The Kier molecular flexibility index (Phi) is 6.52. The molecule has 0 heterocycles. The van der Waals surface area contributed by atoms with Gasteiger partial charge in [-0.15, -0.1) is 0 Å². The molecule has 0 aliphatic heterocycles. The average Bonchev–Trinajstić information content (AvgIpc) is 2.54. The molecule has 2 heteroatoms. The highest BCUT2D eigenvalue weighted by Crippen LogP contribution is 2.61. The van der Waals surface area contributed by atoms with Crippen LogP contribution in [0.5, 0.6) is 0 Å². The van der Waals surface area contributed by atoms with Crippen molar-refractivity contribution in [2.75, 3.05) is 0 Å². The van der Waals surface area contributed by atoms with E-state index in [1.807, 2.05) is 12.2 Å². The first kappa shape index (κ1) is 26.1.